The SMILES string of the molecule is CC(=O)c1cc([N+](=O)[O-])ccc1N1CCNC(=O)CC1. The second-order valence-corrected chi connectivity index (χ2v) is 4.60. The molecule has 1 amide bonds. The van der Waals surface area contributed by atoms with Gasteiger partial charge < -0.3 is 10.2 Å². The Morgan fingerprint density at radius 2 is 2.15 bits per heavy atom. The van der Waals surface area contributed by atoms with Crippen LogP contribution in [0, 0.1) is 10.1 Å². The summed E-state index contributed by atoms with van der Waals surface area (Å²) < 4.78 is 0. The van der Waals surface area contributed by atoms with Crippen LogP contribution in [0.25, 0.3) is 0 Å². The number of benzene rings is 1. The molecule has 0 atom stereocenters. The van der Waals surface area contributed by atoms with E-state index in [4.69, 9.17) is 0 Å². The molecule has 0 bridgehead atoms. The maximum atomic E-state index is 11.7. The highest BCUT2D eigenvalue weighted by Crippen LogP contribution is 2.26. The number of amides is 1. The zero-order valence-electron chi connectivity index (χ0n) is 11.1. The molecule has 0 radical (unpaired) electrons. The quantitative estimate of drug-likeness (QED) is 0.508. The minimum Gasteiger partial charge on any atom is -0.369 e. The normalized spacial score (nSPS) is 15.4. The lowest BCUT2D eigenvalue weighted by molar-refractivity contribution is -0.384. The van der Waals surface area contributed by atoms with E-state index in [1.807, 2.05) is 4.90 Å². The van der Waals surface area contributed by atoms with Gasteiger partial charge in [-0.1, -0.05) is 0 Å². The number of nitro benzene ring substituents is 1. The molecule has 1 heterocycles. The number of hydrogen-bond acceptors (Lipinski definition) is 5. The molecule has 0 unspecified atom stereocenters. The fourth-order valence-corrected chi connectivity index (χ4v) is 2.20. The number of rotatable bonds is 3. The Labute approximate surface area is 115 Å². The first-order chi connectivity index (χ1) is 9.49. The summed E-state index contributed by atoms with van der Waals surface area (Å²) in [5.74, 6) is -0.258. The third-order valence-corrected chi connectivity index (χ3v) is 3.22. The van der Waals surface area contributed by atoms with Gasteiger partial charge in [0, 0.05) is 49.4 Å². The molecule has 1 aliphatic heterocycles. The Balaban J connectivity index is 2.37. The highest BCUT2D eigenvalue weighted by atomic mass is 16.6. The summed E-state index contributed by atoms with van der Waals surface area (Å²) in [4.78, 5) is 35.2. The topological polar surface area (TPSA) is 92.5 Å². The number of ketones is 1. The van der Waals surface area contributed by atoms with Crippen LogP contribution >= 0.6 is 0 Å². The summed E-state index contributed by atoms with van der Waals surface area (Å²) in [6, 6.07) is 4.24. The van der Waals surface area contributed by atoms with Gasteiger partial charge in [-0.25, -0.2) is 0 Å². The van der Waals surface area contributed by atoms with Crippen molar-refractivity contribution in [1.29, 1.82) is 0 Å². The molecule has 1 saturated heterocycles. The van der Waals surface area contributed by atoms with Gasteiger partial charge in [0.2, 0.25) is 5.91 Å². The molecule has 7 heteroatoms. The minimum absolute atomic E-state index is 0.0289. The van der Waals surface area contributed by atoms with Crippen molar-refractivity contribution in [3.8, 4) is 0 Å². The number of non-ortho nitro benzene ring substituents is 1. The number of anilines is 1. The number of nitro groups is 1. The van der Waals surface area contributed by atoms with Crippen molar-refractivity contribution >= 4 is 23.1 Å². The molecule has 2 rings (SSSR count). The Morgan fingerprint density at radius 3 is 2.80 bits per heavy atom. The fourth-order valence-electron chi connectivity index (χ4n) is 2.20. The lowest BCUT2D eigenvalue weighted by atomic mass is 10.1. The Morgan fingerprint density at radius 1 is 1.40 bits per heavy atom. The van der Waals surface area contributed by atoms with Crippen molar-refractivity contribution in [2.45, 2.75) is 13.3 Å². The predicted molar refractivity (Wildman–Crippen MR) is 72.9 cm³/mol. The molecule has 1 aliphatic rings. The van der Waals surface area contributed by atoms with Crippen LogP contribution in [0.2, 0.25) is 0 Å². The Hall–Kier alpha value is -2.44. The number of carbonyl (C=O) groups is 2. The third kappa shape index (κ3) is 2.93. The van der Waals surface area contributed by atoms with Crippen molar-refractivity contribution in [2.24, 2.45) is 0 Å². The second-order valence-electron chi connectivity index (χ2n) is 4.60. The molecular formula is C13H15N3O4. The van der Waals surface area contributed by atoms with E-state index in [0.717, 1.165) is 0 Å². The zero-order chi connectivity index (χ0) is 14.7. The van der Waals surface area contributed by atoms with Gasteiger partial charge in [-0.05, 0) is 13.0 Å². The molecule has 106 valence electrons. The molecule has 7 nitrogen and oxygen atoms in total. The molecule has 1 aromatic rings. The van der Waals surface area contributed by atoms with Crippen molar-refractivity contribution in [3.05, 3.63) is 33.9 Å². The molecule has 1 aromatic carbocycles. The van der Waals surface area contributed by atoms with Crippen molar-refractivity contribution < 1.29 is 14.5 Å². The van der Waals surface area contributed by atoms with Crippen LogP contribution in [0.3, 0.4) is 0 Å². The first-order valence-corrected chi connectivity index (χ1v) is 6.30. The average molecular weight is 277 g/mol. The lowest BCUT2D eigenvalue weighted by Gasteiger charge is -2.23. The van der Waals surface area contributed by atoms with E-state index in [1.54, 1.807) is 6.07 Å². The molecule has 0 aliphatic carbocycles. The first kappa shape index (κ1) is 14.0. The monoisotopic (exact) mass is 277 g/mol. The highest BCUT2D eigenvalue weighted by molar-refractivity contribution is 6.00. The smallest absolute Gasteiger partial charge is 0.270 e. The molecule has 0 spiro atoms. The van der Waals surface area contributed by atoms with Crippen molar-refractivity contribution in [3.63, 3.8) is 0 Å². The van der Waals surface area contributed by atoms with Gasteiger partial charge in [0.25, 0.3) is 5.69 Å². The highest BCUT2D eigenvalue weighted by Gasteiger charge is 2.20. The Kier molecular flexibility index (Phi) is 3.97. The summed E-state index contributed by atoms with van der Waals surface area (Å²) in [6.45, 7) is 2.94. The standard InChI is InChI=1S/C13H15N3O4/c1-9(17)11-8-10(16(19)20)2-3-12(11)15-6-4-13(18)14-5-7-15/h2-3,8H,4-7H2,1H3,(H,14,18). The average Bonchev–Trinajstić information content (AvgIpc) is 2.62. The molecule has 0 aromatic heterocycles. The van der Waals surface area contributed by atoms with E-state index in [2.05, 4.69) is 5.32 Å². The van der Waals surface area contributed by atoms with Gasteiger partial charge >= 0.3 is 0 Å². The summed E-state index contributed by atoms with van der Waals surface area (Å²) in [6.07, 6.45) is 0.342. The number of carbonyl (C=O) groups excluding carboxylic acids is 2. The summed E-state index contributed by atoms with van der Waals surface area (Å²) in [5.41, 5.74) is 0.844. The maximum absolute atomic E-state index is 11.7. The third-order valence-electron chi connectivity index (χ3n) is 3.22. The summed E-state index contributed by atoms with van der Waals surface area (Å²) in [5, 5.41) is 13.5. The minimum atomic E-state index is -0.524. The maximum Gasteiger partial charge on any atom is 0.270 e. The van der Waals surface area contributed by atoms with Crippen LogP contribution in [-0.4, -0.2) is 36.2 Å². The number of hydrogen-bond donors (Lipinski definition) is 1. The molecule has 1 fully saturated rings. The van der Waals surface area contributed by atoms with E-state index >= 15 is 0 Å². The number of Topliss-reactive ketones (excluding diaryl/α,β-unsaturated/α-hetero) is 1. The summed E-state index contributed by atoms with van der Waals surface area (Å²) >= 11 is 0. The van der Waals surface area contributed by atoms with Crippen molar-refractivity contribution in [1.82, 2.24) is 5.32 Å². The van der Waals surface area contributed by atoms with Crippen LogP contribution in [0.1, 0.15) is 23.7 Å². The van der Waals surface area contributed by atoms with Crippen LogP contribution in [0.5, 0.6) is 0 Å². The number of nitrogens with one attached hydrogen (secondary N) is 1. The van der Waals surface area contributed by atoms with Crippen molar-refractivity contribution in [2.75, 3.05) is 24.5 Å². The number of nitrogens with zero attached hydrogens (tertiary/aromatic N) is 2. The molecule has 20 heavy (non-hydrogen) atoms. The van der Waals surface area contributed by atoms with Gasteiger partial charge in [-0.15, -0.1) is 0 Å². The van der Waals surface area contributed by atoms with E-state index < -0.39 is 4.92 Å². The molecule has 0 saturated carbocycles. The largest absolute Gasteiger partial charge is 0.369 e. The van der Waals surface area contributed by atoms with E-state index in [0.29, 0.717) is 37.3 Å². The van der Waals surface area contributed by atoms with Crippen LogP contribution in [0.15, 0.2) is 18.2 Å². The van der Waals surface area contributed by atoms with E-state index in [1.165, 1.54) is 19.1 Å². The van der Waals surface area contributed by atoms with Gasteiger partial charge in [-0.2, -0.15) is 0 Å². The molecule has 1 N–H and O–H groups in total. The van der Waals surface area contributed by atoms with Gasteiger partial charge in [0.1, 0.15) is 0 Å². The lowest BCUT2D eigenvalue weighted by Crippen LogP contribution is -2.29. The zero-order valence-corrected chi connectivity index (χ0v) is 11.1. The fraction of sp³-hybridized carbons (Fsp3) is 0.385. The first-order valence-electron chi connectivity index (χ1n) is 6.30. The van der Waals surface area contributed by atoms with Crippen LogP contribution in [-0.2, 0) is 4.79 Å². The Bertz CT molecular complexity index is 571. The van der Waals surface area contributed by atoms with E-state index in [9.17, 15) is 19.7 Å². The van der Waals surface area contributed by atoms with Gasteiger partial charge in [-0.3, -0.25) is 19.7 Å². The van der Waals surface area contributed by atoms with Gasteiger partial charge in [0.05, 0.1) is 4.92 Å². The van der Waals surface area contributed by atoms with Crippen LogP contribution < -0.4 is 10.2 Å². The van der Waals surface area contributed by atoms with E-state index in [-0.39, 0.29) is 17.4 Å². The van der Waals surface area contributed by atoms with Gasteiger partial charge in [0.15, 0.2) is 5.78 Å². The van der Waals surface area contributed by atoms with Crippen LogP contribution in [0.4, 0.5) is 11.4 Å². The second kappa shape index (κ2) is 5.68. The summed E-state index contributed by atoms with van der Waals surface area (Å²) in [7, 11) is 0. The predicted octanol–water partition coefficient (Wildman–Crippen LogP) is 1.12. The molecular weight excluding hydrogens is 262 g/mol.